The van der Waals surface area contributed by atoms with Crippen LogP contribution in [0, 0.1) is 0 Å². The number of furan rings is 1. The molecule has 23 heavy (non-hydrogen) atoms. The number of unbranched alkanes of at least 4 members (excludes halogenated alkanes) is 1. The fraction of sp³-hybridized carbons (Fsp3) is 0.600. The zero-order valence-electron chi connectivity index (χ0n) is 13.8. The molecule has 0 saturated heterocycles. The summed E-state index contributed by atoms with van der Waals surface area (Å²) in [5, 5.41) is 9.18. The predicted octanol–water partition coefficient (Wildman–Crippen LogP) is 2.33. The molecule has 0 spiro atoms. The van der Waals surface area contributed by atoms with Crippen LogP contribution in [0.25, 0.3) is 0 Å². The second kappa shape index (κ2) is 14.7. The van der Waals surface area contributed by atoms with Gasteiger partial charge >= 0.3 is 0 Å². The largest absolute Gasteiger partial charge is 0.459 e. The highest BCUT2D eigenvalue weighted by atomic mass is 127. The summed E-state index contributed by atoms with van der Waals surface area (Å²) in [6, 6.07) is 3.34. The number of hydrogen-bond acceptors (Lipinski definition) is 4. The molecule has 0 fully saturated rings. The number of carbonyl (C=O) groups excluding carboxylic acids is 1. The second-order valence-corrected chi connectivity index (χ2v) is 5.61. The van der Waals surface area contributed by atoms with Gasteiger partial charge in [-0.2, -0.15) is 11.8 Å². The van der Waals surface area contributed by atoms with Crippen LogP contribution in [0.1, 0.15) is 30.3 Å². The smallest absolute Gasteiger partial charge is 0.287 e. The number of thioether (sulfide) groups is 1. The van der Waals surface area contributed by atoms with Crippen molar-refractivity contribution in [1.82, 2.24) is 16.0 Å². The lowest BCUT2D eigenvalue weighted by Crippen LogP contribution is -2.41. The highest BCUT2D eigenvalue weighted by Gasteiger charge is 2.06. The summed E-state index contributed by atoms with van der Waals surface area (Å²) in [4.78, 5) is 16.2. The first-order chi connectivity index (χ1) is 10.8. The van der Waals surface area contributed by atoms with Gasteiger partial charge in [0.15, 0.2) is 11.7 Å². The molecule has 132 valence electrons. The first-order valence-electron chi connectivity index (χ1n) is 7.60. The van der Waals surface area contributed by atoms with Crippen molar-refractivity contribution in [1.29, 1.82) is 0 Å². The van der Waals surface area contributed by atoms with Crippen molar-refractivity contribution < 1.29 is 9.21 Å². The molecule has 0 bridgehead atoms. The highest BCUT2D eigenvalue weighted by molar-refractivity contribution is 14.0. The molecule has 1 aromatic heterocycles. The van der Waals surface area contributed by atoms with E-state index in [2.05, 4.69) is 27.2 Å². The van der Waals surface area contributed by atoms with Gasteiger partial charge in [0, 0.05) is 26.2 Å². The third-order valence-corrected chi connectivity index (χ3v) is 3.52. The van der Waals surface area contributed by atoms with Gasteiger partial charge in [-0.3, -0.25) is 9.79 Å². The maximum absolute atomic E-state index is 11.7. The molecule has 1 aromatic rings. The van der Waals surface area contributed by atoms with Gasteiger partial charge in [0.25, 0.3) is 5.91 Å². The van der Waals surface area contributed by atoms with E-state index in [0.29, 0.717) is 18.8 Å². The van der Waals surface area contributed by atoms with Gasteiger partial charge in [0.05, 0.1) is 6.26 Å². The molecule has 8 heteroatoms. The normalized spacial score (nSPS) is 10.8. The van der Waals surface area contributed by atoms with Crippen molar-refractivity contribution in [2.75, 3.05) is 38.2 Å². The van der Waals surface area contributed by atoms with Gasteiger partial charge in [-0.1, -0.05) is 0 Å². The average Bonchev–Trinajstić information content (AvgIpc) is 3.05. The van der Waals surface area contributed by atoms with Crippen LogP contribution in [0.4, 0.5) is 0 Å². The van der Waals surface area contributed by atoms with Crippen LogP contribution in [0.2, 0.25) is 0 Å². The van der Waals surface area contributed by atoms with Crippen molar-refractivity contribution in [3.05, 3.63) is 24.2 Å². The summed E-state index contributed by atoms with van der Waals surface area (Å²) >= 11 is 1.86. The van der Waals surface area contributed by atoms with E-state index in [9.17, 15) is 4.79 Å². The Bertz CT molecular complexity index is 441. The molecule has 0 atom stereocenters. The Balaban J connectivity index is 0.00000484. The monoisotopic (exact) mass is 454 g/mol. The molecule has 0 radical (unpaired) electrons. The van der Waals surface area contributed by atoms with E-state index < -0.39 is 0 Å². The van der Waals surface area contributed by atoms with E-state index in [1.807, 2.05) is 18.7 Å². The van der Waals surface area contributed by atoms with Gasteiger partial charge in [0.2, 0.25) is 0 Å². The van der Waals surface area contributed by atoms with Crippen LogP contribution >= 0.6 is 35.7 Å². The Morgan fingerprint density at radius 1 is 1.26 bits per heavy atom. The molecule has 0 saturated carbocycles. The Morgan fingerprint density at radius 2 is 2.04 bits per heavy atom. The summed E-state index contributed by atoms with van der Waals surface area (Å²) in [7, 11) is 0. The van der Waals surface area contributed by atoms with E-state index >= 15 is 0 Å². The van der Waals surface area contributed by atoms with Crippen LogP contribution in [0.15, 0.2) is 27.8 Å². The van der Waals surface area contributed by atoms with Crippen molar-refractivity contribution in [2.24, 2.45) is 4.99 Å². The number of guanidine groups is 1. The van der Waals surface area contributed by atoms with Gasteiger partial charge in [-0.05, 0) is 43.9 Å². The van der Waals surface area contributed by atoms with Crippen molar-refractivity contribution >= 4 is 47.6 Å². The lowest BCUT2D eigenvalue weighted by Gasteiger charge is -2.11. The molecule has 0 aliphatic heterocycles. The van der Waals surface area contributed by atoms with E-state index in [1.165, 1.54) is 18.4 Å². The van der Waals surface area contributed by atoms with Gasteiger partial charge in [-0.25, -0.2) is 0 Å². The molecule has 0 aromatic carbocycles. The standard InChI is InChI=1S/C15H26N4O2S.HI/c1-3-16-15(18-8-4-5-12-22-2)19-10-9-17-14(20)13-7-6-11-21-13;/h6-7,11H,3-5,8-10,12H2,1-2H3,(H,17,20)(H2,16,18,19);1H. The summed E-state index contributed by atoms with van der Waals surface area (Å²) in [5.74, 6) is 2.09. The van der Waals surface area contributed by atoms with E-state index in [-0.39, 0.29) is 29.9 Å². The third-order valence-electron chi connectivity index (χ3n) is 2.82. The summed E-state index contributed by atoms with van der Waals surface area (Å²) in [6.07, 6.45) is 5.88. The number of nitrogens with one attached hydrogen (secondary N) is 3. The maximum Gasteiger partial charge on any atom is 0.287 e. The summed E-state index contributed by atoms with van der Waals surface area (Å²) in [6.45, 7) is 4.78. The first-order valence-corrected chi connectivity index (χ1v) is 9.00. The lowest BCUT2D eigenvalue weighted by molar-refractivity contribution is 0.0926. The first kappa shape index (κ1) is 22.1. The number of halogens is 1. The van der Waals surface area contributed by atoms with Crippen molar-refractivity contribution in [3.8, 4) is 0 Å². The predicted molar refractivity (Wildman–Crippen MR) is 108 cm³/mol. The van der Waals surface area contributed by atoms with Crippen molar-refractivity contribution in [2.45, 2.75) is 19.8 Å². The van der Waals surface area contributed by atoms with Crippen LogP contribution in [0.3, 0.4) is 0 Å². The minimum Gasteiger partial charge on any atom is -0.459 e. The number of hydrogen-bond donors (Lipinski definition) is 3. The van der Waals surface area contributed by atoms with Gasteiger partial charge in [-0.15, -0.1) is 24.0 Å². The van der Waals surface area contributed by atoms with E-state index in [1.54, 1.807) is 12.1 Å². The number of nitrogens with zero attached hydrogens (tertiary/aromatic N) is 1. The zero-order chi connectivity index (χ0) is 16.0. The fourth-order valence-corrected chi connectivity index (χ4v) is 2.24. The quantitative estimate of drug-likeness (QED) is 0.219. The number of aliphatic imine (C=N–C) groups is 1. The number of amides is 1. The van der Waals surface area contributed by atoms with Crippen LogP contribution in [-0.2, 0) is 0 Å². The molecular weight excluding hydrogens is 427 g/mol. The summed E-state index contributed by atoms with van der Waals surface area (Å²) < 4.78 is 5.03. The molecule has 0 aliphatic carbocycles. The van der Waals surface area contributed by atoms with E-state index in [4.69, 9.17) is 4.42 Å². The average molecular weight is 454 g/mol. The topological polar surface area (TPSA) is 78.7 Å². The zero-order valence-corrected chi connectivity index (χ0v) is 16.9. The highest BCUT2D eigenvalue weighted by Crippen LogP contribution is 1.99. The second-order valence-electron chi connectivity index (χ2n) is 4.62. The molecule has 0 unspecified atom stereocenters. The molecule has 1 amide bonds. The maximum atomic E-state index is 11.7. The Hall–Kier alpha value is -0.900. The van der Waals surface area contributed by atoms with Crippen molar-refractivity contribution in [3.63, 3.8) is 0 Å². The Labute approximate surface area is 159 Å². The van der Waals surface area contributed by atoms with Gasteiger partial charge < -0.3 is 20.4 Å². The minimum absolute atomic E-state index is 0. The molecule has 1 heterocycles. The molecule has 6 nitrogen and oxygen atoms in total. The number of carbonyl (C=O) groups is 1. The SMILES string of the molecule is CCNC(=NCCCCSC)NCCNC(=O)c1ccco1.I. The van der Waals surface area contributed by atoms with E-state index in [0.717, 1.165) is 25.5 Å². The third kappa shape index (κ3) is 10.5. The minimum atomic E-state index is -0.203. The van der Waals surface area contributed by atoms with Crippen LogP contribution in [-0.4, -0.2) is 50.1 Å². The lowest BCUT2D eigenvalue weighted by atomic mass is 10.3. The number of rotatable bonds is 10. The molecule has 0 aliphatic rings. The fourth-order valence-electron chi connectivity index (χ4n) is 1.74. The summed E-state index contributed by atoms with van der Waals surface area (Å²) in [5.41, 5.74) is 0. The Kier molecular flexibility index (Phi) is 14.1. The molecule has 3 N–H and O–H groups in total. The Morgan fingerprint density at radius 3 is 2.70 bits per heavy atom. The molecular formula is C15H27IN4O2S. The van der Waals surface area contributed by atoms with Gasteiger partial charge in [0.1, 0.15) is 0 Å². The van der Waals surface area contributed by atoms with Crippen LogP contribution in [0.5, 0.6) is 0 Å². The van der Waals surface area contributed by atoms with Crippen LogP contribution < -0.4 is 16.0 Å². The molecule has 1 rings (SSSR count).